The average Bonchev–Trinajstić information content (AvgIpc) is 3.25. The summed E-state index contributed by atoms with van der Waals surface area (Å²) in [5, 5.41) is 16.9. The molecule has 28 heavy (non-hydrogen) atoms. The molecule has 0 radical (unpaired) electrons. The van der Waals surface area contributed by atoms with E-state index >= 15 is 0 Å². The van der Waals surface area contributed by atoms with E-state index in [1.54, 1.807) is 29.9 Å². The number of hydrogen-bond donors (Lipinski definition) is 0. The lowest BCUT2D eigenvalue weighted by Crippen LogP contribution is -2.10. The van der Waals surface area contributed by atoms with Crippen LogP contribution in [0, 0.1) is 11.7 Å². The quantitative estimate of drug-likeness (QED) is 0.511. The summed E-state index contributed by atoms with van der Waals surface area (Å²) in [7, 11) is 1.80. The van der Waals surface area contributed by atoms with Crippen LogP contribution in [0.3, 0.4) is 0 Å². The van der Waals surface area contributed by atoms with Gasteiger partial charge in [-0.2, -0.15) is 9.61 Å². The molecule has 9 heteroatoms. The van der Waals surface area contributed by atoms with Crippen LogP contribution in [-0.4, -0.2) is 34.6 Å². The van der Waals surface area contributed by atoms with Gasteiger partial charge >= 0.3 is 0 Å². The van der Waals surface area contributed by atoms with Crippen LogP contribution in [0.2, 0.25) is 0 Å². The second kappa shape index (κ2) is 7.34. The molecule has 0 amide bonds. The molecular formula is C19H20FN7O. The smallest absolute Gasteiger partial charge is 0.235 e. The number of halogens is 1. The van der Waals surface area contributed by atoms with E-state index in [2.05, 4.69) is 39.2 Å². The Labute approximate surface area is 161 Å². The second-order valence-electron chi connectivity index (χ2n) is 6.93. The van der Waals surface area contributed by atoms with E-state index in [0.29, 0.717) is 34.7 Å². The number of aryl methyl sites for hydroxylation is 1. The summed E-state index contributed by atoms with van der Waals surface area (Å²) in [4.78, 5) is 4.17. The second-order valence-corrected chi connectivity index (χ2v) is 6.93. The first-order valence-electron chi connectivity index (χ1n) is 8.99. The zero-order chi connectivity index (χ0) is 19.7. The molecule has 0 saturated heterocycles. The Kier molecular flexibility index (Phi) is 4.72. The maximum atomic E-state index is 14.3. The number of aromatic nitrogens is 7. The number of rotatable bonds is 6. The lowest BCUT2D eigenvalue weighted by Gasteiger charge is -2.12. The number of benzene rings is 1. The molecule has 0 fully saturated rings. The highest BCUT2D eigenvalue weighted by Crippen LogP contribution is 2.25. The van der Waals surface area contributed by atoms with Gasteiger partial charge in [-0.1, -0.05) is 26.0 Å². The maximum Gasteiger partial charge on any atom is 0.235 e. The van der Waals surface area contributed by atoms with Crippen LogP contribution >= 0.6 is 0 Å². The minimum atomic E-state index is -0.383. The summed E-state index contributed by atoms with van der Waals surface area (Å²) in [6.45, 7) is 4.45. The Hall–Kier alpha value is -3.36. The Morgan fingerprint density at radius 1 is 1.18 bits per heavy atom. The average molecular weight is 381 g/mol. The monoisotopic (exact) mass is 381 g/mol. The molecule has 0 spiro atoms. The zero-order valence-electron chi connectivity index (χ0n) is 15.9. The molecule has 0 aliphatic heterocycles. The highest BCUT2D eigenvalue weighted by molar-refractivity contribution is 5.60. The van der Waals surface area contributed by atoms with Crippen molar-refractivity contribution in [3.05, 3.63) is 53.9 Å². The lowest BCUT2D eigenvalue weighted by atomic mass is 10.0. The lowest BCUT2D eigenvalue weighted by molar-refractivity contribution is 0.270. The third-order valence-corrected chi connectivity index (χ3v) is 4.32. The molecule has 0 aliphatic carbocycles. The van der Waals surface area contributed by atoms with Crippen LogP contribution in [0.1, 0.15) is 25.2 Å². The van der Waals surface area contributed by atoms with E-state index in [4.69, 9.17) is 4.74 Å². The van der Waals surface area contributed by atoms with Gasteiger partial charge in [0.25, 0.3) is 0 Å². The molecule has 144 valence electrons. The highest BCUT2D eigenvalue weighted by atomic mass is 19.1. The fraction of sp³-hybridized carbons (Fsp3) is 0.316. The molecule has 3 heterocycles. The molecule has 0 aliphatic rings. The number of ether oxygens (including phenoxy) is 1. The van der Waals surface area contributed by atoms with E-state index in [0.717, 1.165) is 12.0 Å². The summed E-state index contributed by atoms with van der Waals surface area (Å²) in [5.41, 5.74) is 1.79. The largest absolute Gasteiger partial charge is 0.468 e. The Balaban J connectivity index is 1.77. The fourth-order valence-electron chi connectivity index (χ4n) is 2.95. The standard InChI is InChI=1S/C19H20FN7O/c1-12(2)8-13-9-16-23-24-18(14-6-4-5-7-15(14)20)27(16)25-19(13)28-10-17-21-11-22-26(17)3/h4-7,9,11-12H,8,10H2,1-3H3. The first kappa shape index (κ1) is 18.0. The van der Waals surface area contributed by atoms with E-state index in [9.17, 15) is 4.39 Å². The van der Waals surface area contributed by atoms with Gasteiger partial charge in [-0.05, 0) is 30.5 Å². The highest BCUT2D eigenvalue weighted by Gasteiger charge is 2.18. The molecular weight excluding hydrogens is 361 g/mol. The van der Waals surface area contributed by atoms with Crippen molar-refractivity contribution >= 4 is 5.65 Å². The van der Waals surface area contributed by atoms with Crippen molar-refractivity contribution in [1.29, 1.82) is 0 Å². The van der Waals surface area contributed by atoms with Crippen molar-refractivity contribution in [2.75, 3.05) is 0 Å². The van der Waals surface area contributed by atoms with E-state index in [1.807, 2.05) is 6.07 Å². The summed E-state index contributed by atoms with van der Waals surface area (Å²) in [6, 6.07) is 8.30. The van der Waals surface area contributed by atoms with Crippen molar-refractivity contribution in [1.82, 2.24) is 34.6 Å². The molecule has 0 saturated carbocycles. The topological polar surface area (TPSA) is 83.0 Å². The molecule has 4 rings (SSSR count). The van der Waals surface area contributed by atoms with Gasteiger partial charge in [0.2, 0.25) is 5.88 Å². The van der Waals surface area contributed by atoms with E-state index in [-0.39, 0.29) is 12.4 Å². The van der Waals surface area contributed by atoms with Gasteiger partial charge < -0.3 is 4.74 Å². The predicted octanol–water partition coefficient (Wildman–Crippen LogP) is 2.84. The summed E-state index contributed by atoms with van der Waals surface area (Å²) in [6.07, 6.45) is 2.24. The van der Waals surface area contributed by atoms with E-state index in [1.165, 1.54) is 16.9 Å². The Morgan fingerprint density at radius 2 is 2.00 bits per heavy atom. The molecule has 3 aromatic heterocycles. The van der Waals surface area contributed by atoms with Crippen LogP contribution in [0.5, 0.6) is 5.88 Å². The molecule has 8 nitrogen and oxygen atoms in total. The zero-order valence-corrected chi connectivity index (χ0v) is 15.9. The Bertz CT molecular complexity index is 1120. The number of hydrogen-bond acceptors (Lipinski definition) is 6. The van der Waals surface area contributed by atoms with Gasteiger partial charge in [0.05, 0.1) is 5.56 Å². The van der Waals surface area contributed by atoms with Crippen molar-refractivity contribution < 1.29 is 9.13 Å². The van der Waals surface area contributed by atoms with Crippen LogP contribution in [0.15, 0.2) is 36.7 Å². The van der Waals surface area contributed by atoms with Gasteiger partial charge in [-0.25, -0.2) is 9.37 Å². The summed E-state index contributed by atoms with van der Waals surface area (Å²) in [5.74, 6) is 1.46. The molecule has 4 aromatic rings. The minimum absolute atomic E-state index is 0.220. The SMILES string of the molecule is CC(C)Cc1cc2nnc(-c3ccccc3F)n2nc1OCc1ncnn1C. The third kappa shape index (κ3) is 3.42. The number of nitrogens with zero attached hydrogens (tertiary/aromatic N) is 7. The predicted molar refractivity (Wildman–Crippen MR) is 100 cm³/mol. The Morgan fingerprint density at radius 3 is 2.71 bits per heavy atom. The molecule has 0 unspecified atom stereocenters. The van der Waals surface area contributed by atoms with Crippen LogP contribution in [-0.2, 0) is 20.1 Å². The van der Waals surface area contributed by atoms with Gasteiger partial charge in [0.15, 0.2) is 17.3 Å². The maximum absolute atomic E-state index is 14.3. The van der Waals surface area contributed by atoms with Crippen LogP contribution in [0.25, 0.3) is 17.0 Å². The van der Waals surface area contributed by atoms with Crippen molar-refractivity contribution in [3.63, 3.8) is 0 Å². The molecule has 1 aromatic carbocycles. The van der Waals surface area contributed by atoms with Crippen molar-refractivity contribution in [2.45, 2.75) is 26.9 Å². The summed E-state index contributed by atoms with van der Waals surface area (Å²) >= 11 is 0. The summed E-state index contributed by atoms with van der Waals surface area (Å²) < 4.78 is 23.4. The molecule has 0 N–H and O–H groups in total. The first-order valence-corrected chi connectivity index (χ1v) is 8.99. The minimum Gasteiger partial charge on any atom is -0.468 e. The van der Waals surface area contributed by atoms with Gasteiger partial charge in [-0.15, -0.1) is 15.3 Å². The van der Waals surface area contributed by atoms with Gasteiger partial charge in [-0.3, -0.25) is 4.68 Å². The fourth-order valence-corrected chi connectivity index (χ4v) is 2.95. The third-order valence-electron chi connectivity index (χ3n) is 4.32. The van der Waals surface area contributed by atoms with Gasteiger partial charge in [0.1, 0.15) is 18.8 Å². The van der Waals surface area contributed by atoms with Crippen molar-refractivity contribution in [3.8, 4) is 17.3 Å². The van der Waals surface area contributed by atoms with E-state index < -0.39 is 0 Å². The molecule has 0 bridgehead atoms. The first-order chi connectivity index (χ1) is 13.5. The van der Waals surface area contributed by atoms with Crippen molar-refractivity contribution in [2.24, 2.45) is 13.0 Å². The molecule has 0 atom stereocenters. The van der Waals surface area contributed by atoms with Gasteiger partial charge in [0, 0.05) is 12.6 Å². The van der Waals surface area contributed by atoms with Crippen LogP contribution < -0.4 is 4.74 Å². The van der Waals surface area contributed by atoms with Crippen LogP contribution in [0.4, 0.5) is 4.39 Å². The normalized spacial score (nSPS) is 11.5. The number of fused-ring (bicyclic) bond motifs is 1.